The lowest BCUT2D eigenvalue weighted by atomic mass is 10.1. The molecule has 4 N–H and O–H groups in total. The van der Waals surface area contributed by atoms with Crippen LogP contribution in [0.2, 0.25) is 10.0 Å². The molecule has 16 heavy (non-hydrogen) atoms. The molecule has 0 aromatic heterocycles. The summed E-state index contributed by atoms with van der Waals surface area (Å²) in [6, 6.07) is 3.10. The summed E-state index contributed by atoms with van der Waals surface area (Å²) in [6.07, 6.45) is 0.919. The number of hydrogen-bond donors (Lipinski definition) is 3. The Kier molecular flexibility index (Phi) is 4.86. The molecule has 88 valence electrons. The van der Waals surface area contributed by atoms with Crippen LogP contribution in [-0.2, 0) is 0 Å². The SMILES string of the molecule is CCCNc1c(Cl)cc(Cl)cc1C(=O)NN. The third-order valence-corrected chi connectivity index (χ3v) is 2.50. The lowest BCUT2D eigenvalue weighted by Crippen LogP contribution is -2.30. The molecule has 1 rings (SSSR count). The minimum absolute atomic E-state index is 0.341. The second-order valence-corrected chi connectivity index (χ2v) is 4.05. The number of amides is 1. The number of hydrogen-bond acceptors (Lipinski definition) is 3. The Morgan fingerprint density at radius 3 is 2.69 bits per heavy atom. The molecule has 0 aliphatic rings. The van der Waals surface area contributed by atoms with E-state index in [0.29, 0.717) is 27.8 Å². The summed E-state index contributed by atoms with van der Waals surface area (Å²) < 4.78 is 0. The van der Waals surface area contributed by atoms with Crippen molar-refractivity contribution in [3.63, 3.8) is 0 Å². The predicted octanol–water partition coefficient (Wildman–Crippen LogP) is 2.42. The number of nitrogens with two attached hydrogens (primary N) is 1. The van der Waals surface area contributed by atoms with E-state index in [9.17, 15) is 4.79 Å². The van der Waals surface area contributed by atoms with Crippen LogP contribution in [0.15, 0.2) is 12.1 Å². The van der Waals surface area contributed by atoms with Crippen LogP contribution >= 0.6 is 23.2 Å². The first-order chi connectivity index (χ1) is 7.60. The average Bonchev–Trinajstić information content (AvgIpc) is 2.26. The Bertz CT molecular complexity index is 396. The monoisotopic (exact) mass is 261 g/mol. The van der Waals surface area contributed by atoms with Gasteiger partial charge in [-0.15, -0.1) is 0 Å². The number of anilines is 1. The first-order valence-corrected chi connectivity index (χ1v) is 5.59. The molecule has 0 bridgehead atoms. The van der Waals surface area contributed by atoms with Crippen molar-refractivity contribution in [1.29, 1.82) is 0 Å². The van der Waals surface area contributed by atoms with Crippen molar-refractivity contribution in [2.45, 2.75) is 13.3 Å². The van der Waals surface area contributed by atoms with Gasteiger partial charge in [0.25, 0.3) is 5.91 Å². The fraction of sp³-hybridized carbons (Fsp3) is 0.300. The summed E-state index contributed by atoms with van der Waals surface area (Å²) in [5, 5.41) is 3.86. The molecule has 0 heterocycles. The molecule has 0 saturated carbocycles. The summed E-state index contributed by atoms with van der Waals surface area (Å²) >= 11 is 11.8. The fourth-order valence-corrected chi connectivity index (χ4v) is 1.82. The molecule has 0 saturated heterocycles. The van der Waals surface area contributed by atoms with Gasteiger partial charge in [-0.05, 0) is 18.6 Å². The molecule has 1 amide bonds. The van der Waals surface area contributed by atoms with Crippen LogP contribution in [0.1, 0.15) is 23.7 Å². The first-order valence-electron chi connectivity index (χ1n) is 4.84. The topological polar surface area (TPSA) is 67.2 Å². The quantitative estimate of drug-likeness (QED) is 0.443. The van der Waals surface area contributed by atoms with Gasteiger partial charge in [-0.3, -0.25) is 10.2 Å². The van der Waals surface area contributed by atoms with E-state index in [1.165, 1.54) is 6.07 Å². The van der Waals surface area contributed by atoms with E-state index < -0.39 is 5.91 Å². The van der Waals surface area contributed by atoms with Gasteiger partial charge in [0, 0.05) is 11.6 Å². The van der Waals surface area contributed by atoms with E-state index in [2.05, 4.69) is 10.7 Å². The Hall–Kier alpha value is -0.970. The Balaban J connectivity index is 3.15. The molecule has 0 fully saturated rings. The summed E-state index contributed by atoms with van der Waals surface area (Å²) in [4.78, 5) is 11.5. The van der Waals surface area contributed by atoms with E-state index in [0.717, 1.165) is 6.42 Å². The van der Waals surface area contributed by atoms with Gasteiger partial charge in [0.15, 0.2) is 0 Å². The number of nitrogen functional groups attached to an aromatic ring is 1. The maximum atomic E-state index is 11.5. The van der Waals surface area contributed by atoms with Gasteiger partial charge >= 0.3 is 0 Å². The highest BCUT2D eigenvalue weighted by Crippen LogP contribution is 2.30. The number of halogens is 2. The highest BCUT2D eigenvalue weighted by atomic mass is 35.5. The van der Waals surface area contributed by atoms with Crippen molar-refractivity contribution >= 4 is 34.8 Å². The highest BCUT2D eigenvalue weighted by molar-refractivity contribution is 6.37. The van der Waals surface area contributed by atoms with Gasteiger partial charge in [0.1, 0.15) is 0 Å². The molecule has 4 nitrogen and oxygen atoms in total. The smallest absolute Gasteiger partial charge is 0.267 e. The lowest BCUT2D eigenvalue weighted by Gasteiger charge is -2.12. The number of benzene rings is 1. The number of nitrogens with one attached hydrogen (secondary N) is 2. The van der Waals surface area contributed by atoms with Crippen molar-refractivity contribution in [3.8, 4) is 0 Å². The molecule has 6 heteroatoms. The zero-order chi connectivity index (χ0) is 12.1. The zero-order valence-electron chi connectivity index (χ0n) is 8.81. The normalized spacial score (nSPS) is 10.0. The van der Waals surface area contributed by atoms with E-state index in [1.807, 2.05) is 6.92 Å². The van der Waals surface area contributed by atoms with E-state index in [1.54, 1.807) is 6.07 Å². The highest BCUT2D eigenvalue weighted by Gasteiger charge is 2.14. The summed E-state index contributed by atoms with van der Waals surface area (Å²) in [5.74, 6) is 4.66. The van der Waals surface area contributed by atoms with Crippen molar-refractivity contribution < 1.29 is 4.79 Å². The maximum Gasteiger partial charge on any atom is 0.267 e. The molecule has 0 aliphatic carbocycles. The Morgan fingerprint density at radius 1 is 1.44 bits per heavy atom. The van der Waals surface area contributed by atoms with Crippen LogP contribution < -0.4 is 16.6 Å². The van der Waals surface area contributed by atoms with Gasteiger partial charge in [0.2, 0.25) is 0 Å². The van der Waals surface area contributed by atoms with Gasteiger partial charge in [-0.1, -0.05) is 30.1 Å². The third-order valence-electron chi connectivity index (χ3n) is 1.98. The number of carbonyl (C=O) groups is 1. The van der Waals surface area contributed by atoms with Gasteiger partial charge in [0.05, 0.1) is 16.3 Å². The molecular weight excluding hydrogens is 249 g/mol. The summed E-state index contributed by atoms with van der Waals surface area (Å²) in [5.41, 5.74) is 2.95. The lowest BCUT2D eigenvalue weighted by molar-refractivity contribution is 0.0954. The minimum atomic E-state index is -0.428. The molecule has 0 spiro atoms. The Labute approximate surface area is 104 Å². The second-order valence-electron chi connectivity index (χ2n) is 3.21. The average molecular weight is 262 g/mol. The predicted molar refractivity (Wildman–Crippen MR) is 66.9 cm³/mol. The molecule has 0 unspecified atom stereocenters. The first kappa shape index (κ1) is 13.1. The molecule has 1 aromatic rings. The van der Waals surface area contributed by atoms with Crippen molar-refractivity contribution in [3.05, 3.63) is 27.7 Å². The third kappa shape index (κ3) is 3.01. The van der Waals surface area contributed by atoms with Gasteiger partial charge in [-0.2, -0.15) is 0 Å². The van der Waals surface area contributed by atoms with Crippen LogP contribution in [-0.4, -0.2) is 12.5 Å². The largest absolute Gasteiger partial charge is 0.383 e. The van der Waals surface area contributed by atoms with Crippen molar-refractivity contribution in [1.82, 2.24) is 5.43 Å². The number of hydrazine groups is 1. The van der Waals surface area contributed by atoms with E-state index >= 15 is 0 Å². The number of carbonyl (C=O) groups excluding carboxylic acids is 1. The maximum absolute atomic E-state index is 11.5. The van der Waals surface area contributed by atoms with E-state index in [4.69, 9.17) is 29.0 Å². The van der Waals surface area contributed by atoms with E-state index in [-0.39, 0.29) is 0 Å². The fourth-order valence-electron chi connectivity index (χ4n) is 1.26. The van der Waals surface area contributed by atoms with Crippen LogP contribution in [0.25, 0.3) is 0 Å². The zero-order valence-corrected chi connectivity index (χ0v) is 10.3. The summed E-state index contributed by atoms with van der Waals surface area (Å²) in [6.45, 7) is 2.73. The molecule has 0 aliphatic heterocycles. The minimum Gasteiger partial charge on any atom is -0.383 e. The van der Waals surface area contributed by atoms with Crippen LogP contribution in [0.4, 0.5) is 5.69 Å². The second kappa shape index (κ2) is 5.94. The molecular formula is C10H13Cl2N3O. The standard InChI is InChI=1S/C10H13Cl2N3O/c1-2-3-14-9-7(10(16)15-13)4-6(11)5-8(9)12/h4-5,14H,2-3,13H2,1H3,(H,15,16). The molecule has 0 atom stereocenters. The molecule has 0 radical (unpaired) electrons. The van der Waals surface area contributed by atoms with Gasteiger partial charge in [-0.25, -0.2) is 5.84 Å². The number of rotatable bonds is 4. The van der Waals surface area contributed by atoms with Gasteiger partial charge < -0.3 is 5.32 Å². The Morgan fingerprint density at radius 2 is 2.12 bits per heavy atom. The van der Waals surface area contributed by atoms with Crippen LogP contribution in [0.3, 0.4) is 0 Å². The van der Waals surface area contributed by atoms with Crippen molar-refractivity contribution in [2.24, 2.45) is 5.84 Å². The summed E-state index contributed by atoms with van der Waals surface area (Å²) in [7, 11) is 0. The van der Waals surface area contributed by atoms with Crippen LogP contribution in [0, 0.1) is 0 Å². The van der Waals surface area contributed by atoms with Crippen molar-refractivity contribution in [2.75, 3.05) is 11.9 Å². The molecule has 1 aromatic carbocycles. The van der Waals surface area contributed by atoms with Crippen LogP contribution in [0.5, 0.6) is 0 Å².